The van der Waals surface area contributed by atoms with Crippen molar-refractivity contribution in [3.8, 4) is 5.75 Å². The Bertz CT molecular complexity index is 498. The number of anilines is 1. The normalized spacial score (nSPS) is 11.8. The average molecular weight is 332 g/mol. The van der Waals surface area contributed by atoms with Gasteiger partial charge in [-0.15, -0.1) is 0 Å². The van der Waals surface area contributed by atoms with E-state index in [9.17, 15) is 14.0 Å². The molecule has 122 valence electrons. The van der Waals surface area contributed by atoms with Gasteiger partial charge in [0.1, 0.15) is 5.75 Å². The molecule has 0 bridgehead atoms. The third kappa shape index (κ3) is 6.41. The summed E-state index contributed by atoms with van der Waals surface area (Å²) in [5, 5.41) is 2.58. The highest BCUT2D eigenvalue weighted by Crippen LogP contribution is 2.28. The Labute approximate surface area is 133 Å². The number of nitrogens with one attached hydrogen (secondary N) is 1. The molecule has 1 aromatic rings. The van der Waals surface area contributed by atoms with Crippen molar-refractivity contribution < 1.29 is 23.5 Å². The molecule has 0 fully saturated rings. The van der Waals surface area contributed by atoms with Crippen LogP contribution in [0.1, 0.15) is 26.2 Å². The standard InChI is InChI=1S/C15H19ClFNO4/c1-2-3-4-7-21-15(10-19)22-13-8-11(5-6-12(13)16)18-14(20)9-17/h5-6,8,10,15H,2-4,7,9H2,1H3,(H,18,20). The third-order valence-electron chi connectivity index (χ3n) is 2.72. The van der Waals surface area contributed by atoms with Gasteiger partial charge >= 0.3 is 0 Å². The van der Waals surface area contributed by atoms with Crippen LogP contribution in [0, 0.1) is 0 Å². The van der Waals surface area contributed by atoms with Gasteiger partial charge in [-0.05, 0) is 18.6 Å². The van der Waals surface area contributed by atoms with Gasteiger partial charge in [0.25, 0.3) is 12.2 Å². The molecule has 1 aromatic carbocycles. The van der Waals surface area contributed by atoms with Crippen LogP contribution < -0.4 is 10.1 Å². The molecule has 0 heterocycles. The average Bonchev–Trinajstić information content (AvgIpc) is 2.53. The summed E-state index contributed by atoms with van der Waals surface area (Å²) in [6, 6.07) is 4.38. The predicted molar refractivity (Wildman–Crippen MR) is 82.0 cm³/mol. The summed E-state index contributed by atoms with van der Waals surface area (Å²) in [4.78, 5) is 22.0. The lowest BCUT2D eigenvalue weighted by atomic mass is 10.3. The van der Waals surface area contributed by atoms with Gasteiger partial charge in [0.2, 0.25) is 0 Å². The van der Waals surface area contributed by atoms with Gasteiger partial charge in [0.15, 0.2) is 13.0 Å². The summed E-state index contributed by atoms with van der Waals surface area (Å²) in [6.45, 7) is 1.33. The molecule has 1 rings (SSSR count). The minimum Gasteiger partial charge on any atom is -0.456 e. The second-order valence-electron chi connectivity index (χ2n) is 4.53. The molecular formula is C15H19ClFNO4. The first-order valence-corrected chi connectivity index (χ1v) is 7.37. The van der Waals surface area contributed by atoms with E-state index in [-0.39, 0.29) is 10.8 Å². The molecular weight excluding hydrogens is 313 g/mol. The third-order valence-corrected chi connectivity index (χ3v) is 3.03. The van der Waals surface area contributed by atoms with Crippen molar-refractivity contribution in [2.75, 3.05) is 18.6 Å². The molecule has 5 nitrogen and oxygen atoms in total. The fourth-order valence-corrected chi connectivity index (χ4v) is 1.81. The maximum atomic E-state index is 12.2. The lowest BCUT2D eigenvalue weighted by molar-refractivity contribution is -0.137. The minimum absolute atomic E-state index is 0.172. The van der Waals surface area contributed by atoms with E-state index >= 15 is 0 Å². The maximum absolute atomic E-state index is 12.2. The van der Waals surface area contributed by atoms with Crippen LogP contribution in [0.15, 0.2) is 18.2 Å². The highest BCUT2D eigenvalue weighted by atomic mass is 35.5. The van der Waals surface area contributed by atoms with Gasteiger partial charge in [-0.2, -0.15) is 0 Å². The molecule has 0 aliphatic carbocycles. The van der Waals surface area contributed by atoms with Crippen LogP contribution >= 0.6 is 11.6 Å². The number of benzene rings is 1. The quantitative estimate of drug-likeness (QED) is 0.405. The SMILES string of the molecule is CCCCCOC(C=O)Oc1cc(NC(=O)CF)ccc1Cl. The molecule has 0 aliphatic heterocycles. The highest BCUT2D eigenvalue weighted by Gasteiger charge is 2.13. The number of unbranched alkanes of at least 4 members (excludes halogenated alkanes) is 2. The van der Waals surface area contributed by atoms with Gasteiger partial charge < -0.3 is 14.8 Å². The van der Waals surface area contributed by atoms with E-state index in [1.807, 2.05) is 0 Å². The molecule has 7 heteroatoms. The first kappa shape index (κ1) is 18.4. The number of carbonyl (C=O) groups excluding carboxylic acids is 2. The molecule has 0 aromatic heterocycles. The summed E-state index contributed by atoms with van der Waals surface area (Å²) in [6.07, 6.45) is 2.30. The monoisotopic (exact) mass is 331 g/mol. The van der Waals surface area contributed by atoms with Gasteiger partial charge in [-0.1, -0.05) is 31.4 Å². The van der Waals surface area contributed by atoms with Crippen molar-refractivity contribution in [1.82, 2.24) is 0 Å². The number of amides is 1. The van der Waals surface area contributed by atoms with E-state index in [1.165, 1.54) is 18.2 Å². The van der Waals surface area contributed by atoms with E-state index in [1.54, 1.807) is 0 Å². The summed E-state index contributed by atoms with van der Waals surface area (Å²) < 4.78 is 22.8. The zero-order valence-electron chi connectivity index (χ0n) is 12.3. The van der Waals surface area contributed by atoms with Gasteiger partial charge in [0.05, 0.1) is 11.6 Å². The predicted octanol–water partition coefficient (Wildman–Crippen LogP) is 3.36. The summed E-state index contributed by atoms with van der Waals surface area (Å²) in [7, 11) is 0. The molecule has 0 radical (unpaired) electrons. The Hall–Kier alpha value is -1.66. The smallest absolute Gasteiger partial charge is 0.256 e. The van der Waals surface area contributed by atoms with E-state index < -0.39 is 18.9 Å². The van der Waals surface area contributed by atoms with Crippen LogP contribution in [0.25, 0.3) is 0 Å². The minimum atomic E-state index is -1.13. The fourth-order valence-electron chi connectivity index (χ4n) is 1.64. The fraction of sp³-hybridized carbons (Fsp3) is 0.467. The number of halogens is 2. The Kier molecular flexibility index (Phi) is 8.47. The number of ether oxygens (including phenoxy) is 2. The lowest BCUT2D eigenvalue weighted by Gasteiger charge is -2.16. The van der Waals surface area contributed by atoms with Crippen LogP contribution in [-0.4, -0.2) is 31.8 Å². The summed E-state index contributed by atoms with van der Waals surface area (Å²) in [5.41, 5.74) is 0.317. The molecule has 1 N–H and O–H groups in total. The second kappa shape index (κ2) is 10.1. The highest BCUT2D eigenvalue weighted by molar-refractivity contribution is 6.32. The molecule has 1 unspecified atom stereocenters. The number of aldehydes is 1. The number of alkyl halides is 1. The lowest BCUT2D eigenvalue weighted by Crippen LogP contribution is -2.23. The first-order chi connectivity index (χ1) is 10.6. The van der Waals surface area contributed by atoms with Gasteiger partial charge in [0, 0.05) is 11.8 Å². The van der Waals surface area contributed by atoms with E-state index in [4.69, 9.17) is 21.1 Å². The molecule has 0 saturated heterocycles. The molecule has 0 saturated carbocycles. The molecule has 0 spiro atoms. The number of hydrogen-bond acceptors (Lipinski definition) is 4. The number of rotatable bonds is 10. The van der Waals surface area contributed by atoms with Crippen LogP contribution in [0.4, 0.5) is 10.1 Å². The van der Waals surface area contributed by atoms with E-state index in [0.29, 0.717) is 18.6 Å². The van der Waals surface area contributed by atoms with Gasteiger partial charge in [-0.3, -0.25) is 9.59 Å². The summed E-state index contributed by atoms with van der Waals surface area (Å²) >= 11 is 5.97. The molecule has 1 amide bonds. The van der Waals surface area contributed by atoms with Crippen molar-refractivity contribution >= 4 is 29.5 Å². The topological polar surface area (TPSA) is 64.6 Å². The zero-order chi connectivity index (χ0) is 16.4. The Morgan fingerprint density at radius 2 is 2.23 bits per heavy atom. The number of hydrogen-bond donors (Lipinski definition) is 1. The van der Waals surface area contributed by atoms with Crippen molar-refractivity contribution in [2.24, 2.45) is 0 Å². The molecule has 0 aliphatic rings. The zero-order valence-corrected chi connectivity index (χ0v) is 13.1. The van der Waals surface area contributed by atoms with Crippen LogP contribution in [-0.2, 0) is 14.3 Å². The number of carbonyl (C=O) groups is 2. The molecule has 1 atom stereocenters. The largest absolute Gasteiger partial charge is 0.456 e. The Morgan fingerprint density at radius 3 is 2.86 bits per heavy atom. The Morgan fingerprint density at radius 1 is 1.45 bits per heavy atom. The Balaban J connectivity index is 2.66. The van der Waals surface area contributed by atoms with Crippen LogP contribution in [0.3, 0.4) is 0 Å². The van der Waals surface area contributed by atoms with Crippen LogP contribution in [0.5, 0.6) is 5.75 Å². The second-order valence-corrected chi connectivity index (χ2v) is 4.93. The van der Waals surface area contributed by atoms with Crippen LogP contribution in [0.2, 0.25) is 5.02 Å². The van der Waals surface area contributed by atoms with E-state index in [0.717, 1.165) is 19.3 Å². The first-order valence-electron chi connectivity index (χ1n) is 6.99. The van der Waals surface area contributed by atoms with Gasteiger partial charge in [-0.25, -0.2) is 4.39 Å². The van der Waals surface area contributed by atoms with Crippen molar-refractivity contribution in [1.29, 1.82) is 0 Å². The van der Waals surface area contributed by atoms with Crippen molar-refractivity contribution in [3.05, 3.63) is 23.2 Å². The van der Waals surface area contributed by atoms with Crippen molar-refractivity contribution in [2.45, 2.75) is 32.5 Å². The molecule has 22 heavy (non-hydrogen) atoms. The maximum Gasteiger partial charge on any atom is 0.256 e. The van der Waals surface area contributed by atoms with Crippen molar-refractivity contribution in [3.63, 3.8) is 0 Å². The van der Waals surface area contributed by atoms with E-state index in [2.05, 4.69) is 12.2 Å². The summed E-state index contributed by atoms with van der Waals surface area (Å²) in [5.74, 6) is -0.609.